The lowest BCUT2D eigenvalue weighted by molar-refractivity contribution is 0.0948. The van der Waals surface area contributed by atoms with Gasteiger partial charge in [0.2, 0.25) is 0 Å². The molecular weight excluding hydrogens is 339 g/mol. The summed E-state index contributed by atoms with van der Waals surface area (Å²) >= 11 is 1.29. The summed E-state index contributed by atoms with van der Waals surface area (Å²) in [7, 11) is 1.58. The number of hydrogen-bond donors (Lipinski definition) is 2. The first-order valence-electron chi connectivity index (χ1n) is 7.78. The number of carbonyl (C=O) groups excluding carboxylic acids is 2. The average Bonchev–Trinajstić information content (AvgIpc) is 2.97. The summed E-state index contributed by atoms with van der Waals surface area (Å²) in [6.07, 6.45) is 0. The van der Waals surface area contributed by atoms with Gasteiger partial charge in [-0.25, -0.2) is 4.39 Å². The molecule has 128 valence electrons. The molecule has 2 amide bonds. The first-order valence-corrected chi connectivity index (χ1v) is 8.59. The molecular formula is C19H17FN2O2S. The lowest BCUT2D eigenvalue weighted by atomic mass is 10.1. The summed E-state index contributed by atoms with van der Waals surface area (Å²) in [5, 5.41) is 5.91. The maximum Gasteiger partial charge on any atom is 0.261 e. The van der Waals surface area contributed by atoms with E-state index in [1.807, 2.05) is 6.07 Å². The van der Waals surface area contributed by atoms with E-state index in [-0.39, 0.29) is 17.6 Å². The van der Waals surface area contributed by atoms with E-state index in [9.17, 15) is 14.0 Å². The third-order valence-corrected chi connectivity index (χ3v) is 5.26. The molecule has 6 heteroatoms. The molecule has 2 aromatic carbocycles. The van der Waals surface area contributed by atoms with Crippen LogP contribution < -0.4 is 10.6 Å². The summed E-state index contributed by atoms with van der Waals surface area (Å²) in [5.74, 6) is -0.693. The van der Waals surface area contributed by atoms with Crippen molar-refractivity contribution in [1.29, 1.82) is 0 Å². The van der Waals surface area contributed by atoms with Gasteiger partial charge in [-0.05, 0) is 42.3 Å². The van der Waals surface area contributed by atoms with Crippen molar-refractivity contribution in [2.24, 2.45) is 0 Å². The zero-order chi connectivity index (χ0) is 18.0. The largest absolute Gasteiger partial charge is 0.355 e. The van der Waals surface area contributed by atoms with Crippen molar-refractivity contribution in [3.63, 3.8) is 0 Å². The summed E-state index contributed by atoms with van der Waals surface area (Å²) in [6, 6.07) is 11.9. The van der Waals surface area contributed by atoms with Crippen LogP contribution in [0.4, 0.5) is 4.39 Å². The van der Waals surface area contributed by atoms with E-state index < -0.39 is 0 Å². The summed E-state index contributed by atoms with van der Waals surface area (Å²) in [6.45, 7) is 2.10. The maximum absolute atomic E-state index is 13.9. The fraction of sp³-hybridized carbons (Fsp3) is 0.158. The van der Waals surface area contributed by atoms with Gasteiger partial charge in [0.15, 0.2) is 0 Å². The Morgan fingerprint density at radius 2 is 1.80 bits per heavy atom. The third-order valence-electron chi connectivity index (χ3n) is 4.01. The molecule has 0 saturated carbocycles. The molecule has 25 heavy (non-hydrogen) atoms. The van der Waals surface area contributed by atoms with Gasteiger partial charge in [0.25, 0.3) is 11.8 Å². The molecule has 0 atom stereocenters. The minimum Gasteiger partial charge on any atom is -0.355 e. The molecule has 0 fully saturated rings. The molecule has 3 rings (SSSR count). The monoisotopic (exact) mass is 356 g/mol. The second-order valence-corrected chi connectivity index (χ2v) is 6.68. The van der Waals surface area contributed by atoms with Crippen LogP contribution in [0.25, 0.3) is 10.1 Å². The summed E-state index contributed by atoms with van der Waals surface area (Å²) < 4.78 is 14.7. The molecule has 2 N–H and O–H groups in total. The van der Waals surface area contributed by atoms with Crippen LogP contribution in [-0.2, 0) is 6.54 Å². The SMILES string of the molecule is CNC(=O)c1ccc(CNC(=O)c2sc3cccc(F)c3c2C)cc1. The Morgan fingerprint density at radius 3 is 2.44 bits per heavy atom. The van der Waals surface area contributed by atoms with Crippen molar-refractivity contribution < 1.29 is 14.0 Å². The van der Waals surface area contributed by atoms with Gasteiger partial charge in [0.1, 0.15) is 5.82 Å². The Morgan fingerprint density at radius 1 is 1.08 bits per heavy atom. The van der Waals surface area contributed by atoms with E-state index in [1.165, 1.54) is 17.4 Å². The first kappa shape index (κ1) is 17.1. The number of halogens is 1. The smallest absolute Gasteiger partial charge is 0.261 e. The van der Waals surface area contributed by atoms with Crippen LogP contribution in [0.1, 0.15) is 31.2 Å². The highest BCUT2D eigenvalue weighted by Crippen LogP contribution is 2.32. The van der Waals surface area contributed by atoms with Crippen LogP contribution >= 0.6 is 11.3 Å². The fourth-order valence-electron chi connectivity index (χ4n) is 2.65. The molecule has 4 nitrogen and oxygen atoms in total. The van der Waals surface area contributed by atoms with Crippen LogP contribution in [0, 0.1) is 12.7 Å². The zero-order valence-electron chi connectivity index (χ0n) is 13.9. The van der Waals surface area contributed by atoms with E-state index >= 15 is 0 Å². The van der Waals surface area contributed by atoms with Crippen LogP contribution in [0.15, 0.2) is 42.5 Å². The molecule has 0 bridgehead atoms. The van der Waals surface area contributed by atoms with Crippen molar-refractivity contribution in [2.75, 3.05) is 7.05 Å². The topological polar surface area (TPSA) is 58.2 Å². The highest BCUT2D eigenvalue weighted by Gasteiger charge is 2.17. The lowest BCUT2D eigenvalue weighted by Gasteiger charge is -2.06. The molecule has 0 spiro atoms. The van der Waals surface area contributed by atoms with Gasteiger partial charge in [-0.3, -0.25) is 9.59 Å². The van der Waals surface area contributed by atoms with E-state index in [4.69, 9.17) is 0 Å². The highest BCUT2D eigenvalue weighted by molar-refractivity contribution is 7.21. The summed E-state index contributed by atoms with van der Waals surface area (Å²) in [4.78, 5) is 24.5. The van der Waals surface area contributed by atoms with Crippen molar-refractivity contribution in [2.45, 2.75) is 13.5 Å². The molecule has 0 aliphatic heterocycles. The average molecular weight is 356 g/mol. The standard InChI is InChI=1S/C19H17FN2O2S/c1-11-16-14(20)4-3-5-15(16)25-17(11)19(24)22-10-12-6-8-13(9-7-12)18(23)21-2/h3-9H,10H2,1-2H3,(H,21,23)(H,22,24). The quantitative estimate of drug-likeness (QED) is 0.750. The van der Waals surface area contributed by atoms with E-state index in [0.717, 1.165) is 10.3 Å². The van der Waals surface area contributed by atoms with Gasteiger partial charge in [-0.15, -0.1) is 11.3 Å². The Balaban J connectivity index is 1.74. The Labute approximate surface area is 148 Å². The molecule has 0 saturated heterocycles. The van der Waals surface area contributed by atoms with Crippen LogP contribution in [0.3, 0.4) is 0 Å². The third kappa shape index (κ3) is 3.39. The van der Waals surface area contributed by atoms with Crippen LogP contribution in [-0.4, -0.2) is 18.9 Å². The zero-order valence-corrected chi connectivity index (χ0v) is 14.7. The molecule has 3 aromatic rings. The summed E-state index contributed by atoms with van der Waals surface area (Å²) in [5.41, 5.74) is 2.10. The Hall–Kier alpha value is -2.73. The number of fused-ring (bicyclic) bond motifs is 1. The highest BCUT2D eigenvalue weighted by atomic mass is 32.1. The van der Waals surface area contributed by atoms with Gasteiger partial charge in [0.05, 0.1) is 4.88 Å². The fourth-order valence-corrected chi connectivity index (χ4v) is 3.79. The number of rotatable bonds is 4. The maximum atomic E-state index is 13.9. The number of thiophene rings is 1. The van der Waals surface area contributed by atoms with Crippen LogP contribution in [0.2, 0.25) is 0 Å². The second kappa shape index (κ2) is 7.03. The van der Waals surface area contributed by atoms with Gasteiger partial charge in [-0.1, -0.05) is 18.2 Å². The van der Waals surface area contributed by atoms with E-state index in [0.29, 0.717) is 27.9 Å². The molecule has 0 unspecified atom stereocenters. The predicted octanol–water partition coefficient (Wildman–Crippen LogP) is 3.64. The normalized spacial score (nSPS) is 10.7. The van der Waals surface area contributed by atoms with Crippen molar-refractivity contribution in [3.05, 3.63) is 69.8 Å². The van der Waals surface area contributed by atoms with Crippen molar-refractivity contribution in [3.8, 4) is 0 Å². The molecule has 0 radical (unpaired) electrons. The predicted molar refractivity (Wildman–Crippen MR) is 97.5 cm³/mol. The minimum atomic E-state index is -0.310. The van der Waals surface area contributed by atoms with Gasteiger partial charge < -0.3 is 10.6 Å². The second-order valence-electron chi connectivity index (χ2n) is 5.63. The van der Waals surface area contributed by atoms with Gasteiger partial charge in [0, 0.05) is 29.2 Å². The minimum absolute atomic E-state index is 0.154. The lowest BCUT2D eigenvalue weighted by Crippen LogP contribution is -2.22. The number of hydrogen-bond acceptors (Lipinski definition) is 3. The van der Waals surface area contributed by atoms with E-state index in [1.54, 1.807) is 44.3 Å². The first-order chi connectivity index (χ1) is 12.0. The number of nitrogens with one attached hydrogen (secondary N) is 2. The molecule has 0 aliphatic carbocycles. The van der Waals surface area contributed by atoms with Crippen molar-refractivity contribution >= 4 is 33.2 Å². The number of benzene rings is 2. The number of amides is 2. The molecule has 0 aliphatic rings. The van der Waals surface area contributed by atoms with Crippen molar-refractivity contribution in [1.82, 2.24) is 10.6 Å². The van der Waals surface area contributed by atoms with E-state index in [2.05, 4.69) is 10.6 Å². The Kier molecular flexibility index (Phi) is 4.81. The Bertz CT molecular complexity index is 948. The number of aryl methyl sites for hydroxylation is 1. The van der Waals surface area contributed by atoms with Gasteiger partial charge in [-0.2, -0.15) is 0 Å². The molecule has 1 aromatic heterocycles. The number of carbonyl (C=O) groups is 2. The molecule has 1 heterocycles. The van der Waals surface area contributed by atoms with Gasteiger partial charge >= 0.3 is 0 Å². The van der Waals surface area contributed by atoms with Crippen LogP contribution in [0.5, 0.6) is 0 Å².